The standard InChI is InChI=1S/C27H31N3O/c1-21(30-18-16-23(17-19-30)20-22-10-4-2-5-11-22)25-14-8-9-15-26(25)29-27(31)28-24-12-6-3-7-13-24/h2-15,21,23H,16-20H2,1H3,(H2,28,29,31). The third kappa shape index (κ3) is 5.74. The molecule has 4 rings (SSSR count). The van der Waals surface area contributed by atoms with E-state index in [2.05, 4.69) is 58.9 Å². The molecular weight excluding hydrogens is 382 g/mol. The van der Waals surface area contributed by atoms with Crippen molar-refractivity contribution in [3.05, 3.63) is 96.1 Å². The van der Waals surface area contributed by atoms with Gasteiger partial charge >= 0.3 is 6.03 Å². The third-order valence-electron chi connectivity index (χ3n) is 6.25. The first-order chi connectivity index (χ1) is 15.2. The van der Waals surface area contributed by atoms with E-state index in [-0.39, 0.29) is 12.1 Å². The normalized spacial score (nSPS) is 15.9. The Morgan fingerprint density at radius 1 is 0.871 bits per heavy atom. The molecule has 0 bridgehead atoms. The van der Waals surface area contributed by atoms with Gasteiger partial charge in [0.25, 0.3) is 0 Å². The van der Waals surface area contributed by atoms with E-state index in [1.165, 1.54) is 24.8 Å². The van der Waals surface area contributed by atoms with E-state index in [1.54, 1.807) is 0 Å². The molecule has 0 aliphatic carbocycles. The van der Waals surface area contributed by atoms with Crippen LogP contribution < -0.4 is 10.6 Å². The van der Waals surface area contributed by atoms with Crippen molar-refractivity contribution in [3.63, 3.8) is 0 Å². The fourth-order valence-electron chi connectivity index (χ4n) is 4.47. The number of nitrogens with one attached hydrogen (secondary N) is 2. The number of anilines is 2. The minimum Gasteiger partial charge on any atom is -0.308 e. The maximum Gasteiger partial charge on any atom is 0.323 e. The van der Waals surface area contributed by atoms with Crippen LogP contribution in [0, 0.1) is 5.92 Å². The second kappa shape index (κ2) is 10.3. The van der Waals surface area contributed by atoms with Crippen LogP contribution in [0.3, 0.4) is 0 Å². The van der Waals surface area contributed by atoms with E-state index in [1.807, 2.05) is 48.5 Å². The van der Waals surface area contributed by atoms with Crippen LogP contribution in [0.25, 0.3) is 0 Å². The summed E-state index contributed by atoms with van der Waals surface area (Å²) in [4.78, 5) is 15.1. The van der Waals surface area contributed by atoms with Crippen LogP contribution >= 0.6 is 0 Å². The lowest BCUT2D eigenvalue weighted by Crippen LogP contribution is -2.36. The summed E-state index contributed by atoms with van der Waals surface area (Å²) in [5, 5.41) is 5.95. The molecule has 0 saturated carbocycles. The highest BCUT2D eigenvalue weighted by molar-refractivity contribution is 6.00. The Morgan fingerprint density at radius 2 is 1.48 bits per heavy atom. The maximum absolute atomic E-state index is 12.5. The lowest BCUT2D eigenvalue weighted by Gasteiger charge is -2.37. The number of hydrogen-bond acceptors (Lipinski definition) is 2. The van der Waals surface area contributed by atoms with Crippen molar-refractivity contribution in [2.75, 3.05) is 23.7 Å². The van der Waals surface area contributed by atoms with Crippen LogP contribution in [0.15, 0.2) is 84.9 Å². The van der Waals surface area contributed by atoms with E-state index in [9.17, 15) is 4.79 Å². The van der Waals surface area contributed by atoms with Gasteiger partial charge in [-0.05, 0) is 74.5 Å². The first kappa shape index (κ1) is 21.1. The van der Waals surface area contributed by atoms with Gasteiger partial charge in [0.2, 0.25) is 0 Å². The molecule has 4 nitrogen and oxygen atoms in total. The number of para-hydroxylation sites is 2. The van der Waals surface area contributed by atoms with Crippen LogP contribution in [0.1, 0.15) is 36.9 Å². The van der Waals surface area contributed by atoms with Crippen LogP contribution in [0.2, 0.25) is 0 Å². The zero-order valence-corrected chi connectivity index (χ0v) is 18.1. The lowest BCUT2D eigenvalue weighted by molar-refractivity contribution is 0.141. The number of amides is 2. The molecule has 1 aliphatic rings. The SMILES string of the molecule is CC(c1ccccc1NC(=O)Nc1ccccc1)N1CCC(Cc2ccccc2)CC1. The van der Waals surface area contributed by atoms with E-state index >= 15 is 0 Å². The Kier molecular flexibility index (Phi) is 7.00. The van der Waals surface area contributed by atoms with Crippen molar-refractivity contribution >= 4 is 17.4 Å². The minimum atomic E-state index is -0.215. The van der Waals surface area contributed by atoms with E-state index in [0.717, 1.165) is 35.9 Å². The zero-order valence-electron chi connectivity index (χ0n) is 18.1. The molecule has 3 aromatic rings. The Bertz CT molecular complexity index is 966. The van der Waals surface area contributed by atoms with Gasteiger partial charge in [-0.25, -0.2) is 4.79 Å². The largest absolute Gasteiger partial charge is 0.323 e. The zero-order chi connectivity index (χ0) is 21.5. The predicted molar refractivity (Wildman–Crippen MR) is 128 cm³/mol. The second-order valence-electron chi connectivity index (χ2n) is 8.38. The summed E-state index contributed by atoms with van der Waals surface area (Å²) in [5.41, 5.74) is 4.25. The Hall–Kier alpha value is -3.11. The number of carbonyl (C=O) groups excluding carboxylic acids is 1. The number of urea groups is 1. The number of benzene rings is 3. The summed E-state index contributed by atoms with van der Waals surface area (Å²) in [6.07, 6.45) is 3.59. The van der Waals surface area contributed by atoms with E-state index in [4.69, 9.17) is 0 Å². The van der Waals surface area contributed by atoms with E-state index in [0.29, 0.717) is 0 Å². The Morgan fingerprint density at radius 3 is 2.19 bits per heavy atom. The first-order valence-electron chi connectivity index (χ1n) is 11.2. The summed E-state index contributed by atoms with van der Waals surface area (Å²) in [6, 6.07) is 28.5. The van der Waals surface area contributed by atoms with Crippen molar-refractivity contribution in [2.24, 2.45) is 5.92 Å². The highest BCUT2D eigenvalue weighted by Crippen LogP contribution is 2.32. The molecular formula is C27H31N3O. The Balaban J connectivity index is 1.36. The van der Waals surface area contributed by atoms with Gasteiger partial charge in [-0.1, -0.05) is 66.7 Å². The lowest BCUT2D eigenvalue weighted by atomic mass is 9.89. The van der Waals surface area contributed by atoms with Crippen molar-refractivity contribution in [1.82, 2.24) is 4.90 Å². The molecule has 1 aliphatic heterocycles. The average molecular weight is 414 g/mol. The summed E-state index contributed by atoms with van der Waals surface area (Å²) < 4.78 is 0. The number of carbonyl (C=O) groups is 1. The van der Waals surface area contributed by atoms with Crippen molar-refractivity contribution in [1.29, 1.82) is 0 Å². The number of nitrogens with zero attached hydrogens (tertiary/aromatic N) is 1. The van der Waals surface area contributed by atoms with Crippen molar-refractivity contribution < 1.29 is 4.79 Å². The number of hydrogen-bond donors (Lipinski definition) is 2. The van der Waals surface area contributed by atoms with Crippen LogP contribution in [-0.4, -0.2) is 24.0 Å². The number of likely N-dealkylation sites (tertiary alicyclic amines) is 1. The molecule has 2 N–H and O–H groups in total. The highest BCUT2D eigenvalue weighted by atomic mass is 16.2. The molecule has 1 atom stereocenters. The van der Waals surface area contributed by atoms with Crippen LogP contribution in [0.5, 0.6) is 0 Å². The minimum absolute atomic E-state index is 0.215. The molecule has 1 saturated heterocycles. The monoisotopic (exact) mass is 413 g/mol. The van der Waals surface area contributed by atoms with Gasteiger partial charge in [0.05, 0.1) is 0 Å². The van der Waals surface area contributed by atoms with Gasteiger partial charge in [-0.3, -0.25) is 4.90 Å². The topological polar surface area (TPSA) is 44.4 Å². The molecule has 31 heavy (non-hydrogen) atoms. The Labute approximate surface area is 185 Å². The molecule has 1 fully saturated rings. The van der Waals surface area contributed by atoms with Crippen molar-refractivity contribution in [3.8, 4) is 0 Å². The first-order valence-corrected chi connectivity index (χ1v) is 11.2. The fraction of sp³-hybridized carbons (Fsp3) is 0.296. The third-order valence-corrected chi connectivity index (χ3v) is 6.25. The second-order valence-corrected chi connectivity index (χ2v) is 8.38. The summed E-state index contributed by atoms with van der Waals surface area (Å²) in [6.45, 7) is 4.42. The predicted octanol–water partition coefficient (Wildman–Crippen LogP) is 6.35. The molecule has 0 spiro atoms. The molecule has 3 aromatic carbocycles. The maximum atomic E-state index is 12.5. The van der Waals surface area contributed by atoms with Crippen LogP contribution in [0.4, 0.5) is 16.2 Å². The summed E-state index contributed by atoms with van der Waals surface area (Å²) >= 11 is 0. The molecule has 1 heterocycles. The number of piperidine rings is 1. The molecule has 4 heteroatoms. The van der Waals surface area contributed by atoms with Gasteiger partial charge in [0, 0.05) is 17.4 Å². The van der Waals surface area contributed by atoms with Crippen molar-refractivity contribution in [2.45, 2.75) is 32.2 Å². The van der Waals surface area contributed by atoms with Gasteiger partial charge in [-0.2, -0.15) is 0 Å². The van der Waals surface area contributed by atoms with Gasteiger partial charge in [0.1, 0.15) is 0 Å². The van der Waals surface area contributed by atoms with E-state index < -0.39 is 0 Å². The smallest absolute Gasteiger partial charge is 0.308 e. The van der Waals surface area contributed by atoms with Gasteiger partial charge in [-0.15, -0.1) is 0 Å². The van der Waals surface area contributed by atoms with Gasteiger partial charge < -0.3 is 10.6 Å². The quantitative estimate of drug-likeness (QED) is 0.495. The highest BCUT2D eigenvalue weighted by Gasteiger charge is 2.25. The average Bonchev–Trinajstić information content (AvgIpc) is 2.81. The summed E-state index contributed by atoms with van der Waals surface area (Å²) in [7, 11) is 0. The number of rotatable bonds is 6. The fourth-order valence-corrected chi connectivity index (χ4v) is 4.47. The van der Waals surface area contributed by atoms with Crippen LogP contribution in [-0.2, 0) is 6.42 Å². The molecule has 160 valence electrons. The van der Waals surface area contributed by atoms with Gasteiger partial charge in [0.15, 0.2) is 0 Å². The molecule has 2 amide bonds. The molecule has 0 radical (unpaired) electrons. The molecule has 1 unspecified atom stereocenters. The summed E-state index contributed by atoms with van der Waals surface area (Å²) in [5.74, 6) is 0.746. The molecule has 0 aromatic heterocycles.